The number of aryl methyl sites for hydroxylation is 1. The molecule has 0 amide bonds. The molecule has 4 rings (SSSR count). The molecule has 1 unspecified atom stereocenters. The highest BCUT2D eigenvalue weighted by Gasteiger charge is 2.13. The second-order valence-electron chi connectivity index (χ2n) is 7.99. The van der Waals surface area contributed by atoms with Crippen LogP contribution in [0.2, 0.25) is 0 Å². The third-order valence-electron chi connectivity index (χ3n) is 5.02. The van der Waals surface area contributed by atoms with E-state index in [0.29, 0.717) is 23.8 Å². The lowest BCUT2D eigenvalue weighted by molar-refractivity contribution is 0.193. The van der Waals surface area contributed by atoms with Gasteiger partial charge in [0.05, 0.1) is 23.5 Å². The summed E-state index contributed by atoms with van der Waals surface area (Å²) in [6.07, 6.45) is 8.32. The maximum atomic E-state index is 9.49. The van der Waals surface area contributed by atoms with Crippen LogP contribution in [0.25, 0.3) is 11.1 Å². The Balaban J connectivity index is 1.50. The summed E-state index contributed by atoms with van der Waals surface area (Å²) in [5.41, 5.74) is 3.87. The zero-order valence-corrected chi connectivity index (χ0v) is 19.0. The van der Waals surface area contributed by atoms with Gasteiger partial charge in [-0.15, -0.1) is 0 Å². The van der Waals surface area contributed by atoms with Gasteiger partial charge in [0.15, 0.2) is 0 Å². The molecule has 0 aliphatic carbocycles. The van der Waals surface area contributed by atoms with Crippen molar-refractivity contribution in [2.45, 2.75) is 46.4 Å². The van der Waals surface area contributed by atoms with Gasteiger partial charge in [-0.2, -0.15) is 15.5 Å². The predicted octanol–water partition coefficient (Wildman–Crippen LogP) is 3.90. The van der Waals surface area contributed by atoms with Gasteiger partial charge in [0.1, 0.15) is 30.6 Å². The molecule has 3 aromatic heterocycles. The third-order valence-corrected chi connectivity index (χ3v) is 5.02. The summed E-state index contributed by atoms with van der Waals surface area (Å²) in [4.78, 5) is 12.8. The van der Waals surface area contributed by atoms with E-state index in [4.69, 9.17) is 4.74 Å². The van der Waals surface area contributed by atoms with E-state index in [-0.39, 0.29) is 12.1 Å². The topological polar surface area (TPSA) is 119 Å². The van der Waals surface area contributed by atoms with Gasteiger partial charge in [-0.3, -0.25) is 4.68 Å². The maximum Gasteiger partial charge on any atom is 0.227 e. The minimum Gasteiger partial charge on any atom is -0.487 e. The normalized spacial score (nSPS) is 11.9. The summed E-state index contributed by atoms with van der Waals surface area (Å²) in [5, 5.41) is 21.3. The molecule has 10 nitrogen and oxygen atoms in total. The summed E-state index contributed by atoms with van der Waals surface area (Å²) in [6, 6.07) is 7.88. The van der Waals surface area contributed by atoms with Gasteiger partial charge in [0.2, 0.25) is 5.95 Å². The monoisotopic (exact) mass is 443 g/mol. The molecule has 1 atom stereocenters. The van der Waals surface area contributed by atoms with Gasteiger partial charge >= 0.3 is 0 Å². The number of anilines is 2. The molecule has 0 saturated carbocycles. The Labute approximate surface area is 191 Å². The lowest BCUT2D eigenvalue weighted by atomic mass is 10.1. The fourth-order valence-corrected chi connectivity index (χ4v) is 3.27. The van der Waals surface area contributed by atoms with E-state index < -0.39 is 0 Å². The first kappa shape index (κ1) is 22.0. The van der Waals surface area contributed by atoms with E-state index in [0.717, 1.165) is 22.5 Å². The van der Waals surface area contributed by atoms with Crippen molar-refractivity contribution >= 4 is 11.6 Å². The molecule has 1 aromatic carbocycles. The minimum atomic E-state index is -0.202. The SMILES string of the molecule is Cc1nn(C(C)C)cc1Nc1ncc(-c2ccc(C#N)c(OC(C)Cn3cncn3)c2)cn1. The van der Waals surface area contributed by atoms with Crippen LogP contribution >= 0.6 is 0 Å². The Morgan fingerprint density at radius 3 is 2.58 bits per heavy atom. The van der Waals surface area contributed by atoms with E-state index in [2.05, 4.69) is 50.4 Å². The van der Waals surface area contributed by atoms with Crippen LogP contribution in [-0.2, 0) is 6.54 Å². The molecule has 10 heteroatoms. The molecule has 0 saturated heterocycles. The van der Waals surface area contributed by atoms with Crippen LogP contribution in [0.15, 0.2) is 49.4 Å². The average Bonchev–Trinajstić information content (AvgIpc) is 3.44. The molecule has 168 valence electrons. The van der Waals surface area contributed by atoms with Gasteiger partial charge < -0.3 is 10.1 Å². The smallest absolute Gasteiger partial charge is 0.227 e. The van der Waals surface area contributed by atoms with Crippen molar-refractivity contribution in [2.24, 2.45) is 0 Å². The highest BCUT2D eigenvalue weighted by atomic mass is 16.5. The maximum absolute atomic E-state index is 9.49. The number of nitrogens with zero attached hydrogens (tertiary/aromatic N) is 8. The van der Waals surface area contributed by atoms with E-state index in [1.165, 1.54) is 6.33 Å². The van der Waals surface area contributed by atoms with E-state index in [1.807, 2.05) is 36.9 Å². The molecule has 1 N–H and O–H groups in total. The zero-order valence-electron chi connectivity index (χ0n) is 19.0. The lowest BCUT2D eigenvalue weighted by Gasteiger charge is -2.16. The first-order valence-corrected chi connectivity index (χ1v) is 10.6. The number of nitrogens with one attached hydrogen (secondary N) is 1. The molecule has 0 spiro atoms. The van der Waals surface area contributed by atoms with Crippen LogP contribution in [0.4, 0.5) is 11.6 Å². The fourth-order valence-electron chi connectivity index (χ4n) is 3.27. The van der Waals surface area contributed by atoms with E-state index in [9.17, 15) is 5.26 Å². The van der Waals surface area contributed by atoms with Crippen LogP contribution < -0.4 is 10.1 Å². The van der Waals surface area contributed by atoms with Crippen LogP contribution in [0, 0.1) is 18.3 Å². The molecular formula is C23H25N9O. The van der Waals surface area contributed by atoms with Crippen molar-refractivity contribution in [1.29, 1.82) is 5.26 Å². The number of rotatable bonds is 8. The molecule has 0 aliphatic rings. The van der Waals surface area contributed by atoms with Crippen LogP contribution in [0.1, 0.15) is 38.1 Å². The van der Waals surface area contributed by atoms with Crippen molar-refractivity contribution in [3.05, 3.63) is 60.7 Å². The Bertz CT molecular complexity index is 1250. The summed E-state index contributed by atoms with van der Waals surface area (Å²) in [5.74, 6) is 0.985. The Morgan fingerprint density at radius 2 is 1.94 bits per heavy atom. The van der Waals surface area contributed by atoms with Crippen LogP contribution in [-0.4, -0.2) is 40.6 Å². The van der Waals surface area contributed by atoms with Crippen LogP contribution in [0.5, 0.6) is 5.75 Å². The van der Waals surface area contributed by atoms with Gasteiger partial charge in [-0.05, 0) is 45.4 Å². The largest absolute Gasteiger partial charge is 0.487 e. The standard InChI is InChI=1S/C23H25N9O/c1-15(2)32-12-21(17(4)30-32)29-23-26-9-20(10-27-23)18-5-6-19(8-24)22(7-18)33-16(3)11-31-14-25-13-28-31/h5-7,9-10,12-16H,11H2,1-4H3,(H,26,27,29). The van der Waals surface area contributed by atoms with Crippen molar-refractivity contribution in [2.75, 3.05) is 5.32 Å². The molecule has 0 fully saturated rings. The first-order chi connectivity index (χ1) is 15.9. The van der Waals surface area contributed by atoms with E-state index in [1.54, 1.807) is 29.5 Å². The molecule has 0 aliphatic heterocycles. The lowest BCUT2D eigenvalue weighted by Crippen LogP contribution is -2.20. The summed E-state index contributed by atoms with van der Waals surface area (Å²) in [6.45, 7) is 8.53. The van der Waals surface area contributed by atoms with E-state index >= 15 is 0 Å². The minimum absolute atomic E-state index is 0.202. The Kier molecular flexibility index (Phi) is 6.31. The zero-order chi connectivity index (χ0) is 23.4. The fraction of sp³-hybridized carbons (Fsp3) is 0.304. The predicted molar refractivity (Wildman–Crippen MR) is 123 cm³/mol. The Hall–Kier alpha value is -4.26. The van der Waals surface area contributed by atoms with Crippen molar-refractivity contribution in [3.63, 3.8) is 0 Å². The van der Waals surface area contributed by atoms with Crippen LogP contribution in [0.3, 0.4) is 0 Å². The summed E-state index contributed by atoms with van der Waals surface area (Å²) >= 11 is 0. The van der Waals surface area contributed by atoms with Gasteiger partial charge in [0, 0.05) is 30.2 Å². The Morgan fingerprint density at radius 1 is 1.15 bits per heavy atom. The molecule has 0 radical (unpaired) electrons. The average molecular weight is 444 g/mol. The number of aromatic nitrogens is 7. The number of benzene rings is 1. The highest BCUT2D eigenvalue weighted by molar-refractivity contribution is 5.67. The number of hydrogen-bond acceptors (Lipinski definition) is 8. The van der Waals surface area contributed by atoms with Crippen molar-refractivity contribution in [3.8, 4) is 22.9 Å². The quantitative estimate of drug-likeness (QED) is 0.435. The second-order valence-corrected chi connectivity index (χ2v) is 7.99. The van der Waals surface area contributed by atoms with Crippen molar-refractivity contribution in [1.82, 2.24) is 34.5 Å². The molecule has 3 heterocycles. The first-order valence-electron chi connectivity index (χ1n) is 10.6. The van der Waals surface area contributed by atoms with Gasteiger partial charge in [-0.1, -0.05) is 6.07 Å². The molecular weight excluding hydrogens is 418 g/mol. The summed E-state index contributed by atoms with van der Waals surface area (Å²) < 4.78 is 9.62. The number of nitriles is 1. The van der Waals surface area contributed by atoms with Crippen molar-refractivity contribution < 1.29 is 4.74 Å². The molecule has 0 bridgehead atoms. The third kappa shape index (κ3) is 5.15. The summed E-state index contributed by atoms with van der Waals surface area (Å²) in [7, 11) is 0. The highest BCUT2D eigenvalue weighted by Crippen LogP contribution is 2.28. The molecule has 33 heavy (non-hydrogen) atoms. The van der Waals surface area contributed by atoms with Gasteiger partial charge in [0.25, 0.3) is 0 Å². The second kappa shape index (κ2) is 9.48. The number of hydrogen-bond donors (Lipinski definition) is 1. The number of ether oxygens (including phenoxy) is 1. The molecule has 4 aromatic rings. The van der Waals surface area contributed by atoms with Gasteiger partial charge in [-0.25, -0.2) is 19.6 Å².